The van der Waals surface area contributed by atoms with Crippen molar-refractivity contribution in [1.82, 2.24) is 0 Å². The van der Waals surface area contributed by atoms with E-state index >= 15 is 0 Å². The van der Waals surface area contributed by atoms with Crippen LogP contribution in [-0.4, -0.2) is 23.3 Å². The monoisotopic (exact) mass is 574 g/mol. The summed E-state index contributed by atoms with van der Waals surface area (Å²) in [5, 5.41) is 36.4. The maximum atomic E-state index is 13.3. The molecule has 190 valence electrons. The van der Waals surface area contributed by atoms with E-state index in [0.29, 0.717) is 34.5 Å². The topological polar surface area (TPSA) is 108 Å². The number of aromatic hydroxyl groups is 1. The largest absolute Gasteiger partial charge is 2.00 e. The molecule has 0 atom stereocenters. The number of para-hydroxylation sites is 5. The van der Waals surface area contributed by atoms with Crippen molar-refractivity contribution in [2.45, 2.75) is 0 Å². The average Bonchev–Trinajstić information content (AvgIpc) is 2.97. The molecule has 40 heavy (non-hydrogen) atoms. The molecule has 0 amide bonds. The first-order valence-electron chi connectivity index (χ1n) is 12.2. The smallest absolute Gasteiger partial charge is 0.872 e. The Kier molecular flexibility index (Phi) is 9.00. The summed E-state index contributed by atoms with van der Waals surface area (Å²) in [5.41, 5.74) is 3.72. The molecular weight excluding hydrogens is 554 g/mol. The van der Waals surface area contributed by atoms with Gasteiger partial charge in [-0.3, -0.25) is 9.79 Å². The molecule has 0 saturated heterocycles. The van der Waals surface area contributed by atoms with Crippen LogP contribution in [0.4, 0.5) is 11.4 Å². The summed E-state index contributed by atoms with van der Waals surface area (Å²) in [6, 6.07) is 33.0. The van der Waals surface area contributed by atoms with Crippen molar-refractivity contribution in [3.63, 3.8) is 0 Å². The molecule has 0 spiro atoms. The molecule has 0 saturated carbocycles. The number of hydrogen-bond acceptors (Lipinski definition) is 6. The molecule has 0 aliphatic heterocycles. The predicted molar refractivity (Wildman–Crippen MR) is 150 cm³/mol. The molecule has 5 aromatic rings. The van der Waals surface area contributed by atoms with Gasteiger partial charge in [-0.05, 0) is 34.9 Å². The third kappa shape index (κ3) is 5.90. The molecule has 1 N–H and O–H groups in total. The minimum absolute atomic E-state index is 0. The second kappa shape index (κ2) is 12.8. The minimum Gasteiger partial charge on any atom is -0.872 e. The Morgan fingerprint density at radius 3 is 2.02 bits per heavy atom. The normalized spacial score (nSPS) is 11.2. The summed E-state index contributed by atoms with van der Waals surface area (Å²) in [6.45, 7) is 0. The van der Waals surface area contributed by atoms with Crippen molar-refractivity contribution in [2.24, 2.45) is 9.98 Å². The van der Waals surface area contributed by atoms with Crippen LogP contribution >= 0.6 is 0 Å². The van der Waals surface area contributed by atoms with Gasteiger partial charge in [0.25, 0.3) is 0 Å². The van der Waals surface area contributed by atoms with Crippen molar-refractivity contribution >= 4 is 29.6 Å². The number of nitrogens with zero attached hydrogens (tertiary/aromatic N) is 2. The Balaban J connectivity index is 0.00000370. The standard InChI is InChI=1S/C33H24N2O4.Zn/c36-21-24-13-9-16-26(33(24)39)25-15-8-12-23(32(25)38)20-34-28-17-5-6-18-29(28)35-31(22-10-2-1-3-11-22)27-14-4-7-19-30(27)37;/h1-21,37-39H;/q;+2/p-2. The van der Waals surface area contributed by atoms with Crippen molar-refractivity contribution in [3.05, 3.63) is 138 Å². The Morgan fingerprint density at radius 2 is 1.30 bits per heavy atom. The quantitative estimate of drug-likeness (QED) is 0.147. The van der Waals surface area contributed by atoms with Gasteiger partial charge in [0.1, 0.15) is 5.75 Å². The summed E-state index contributed by atoms with van der Waals surface area (Å²) in [6.07, 6.45) is 1.99. The molecule has 0 aromatic heterocycles. The molecule has 0 aliphatic carbocycles. The predicted octanol–water partition coefficient (Wildman–Crippen LogP) is 5.94. The summed E-state index contributed by atoms with van der Waals surface area (Å²) in [7, 11) is 0. The first kappa shape index (κ1) is 28.1. The number of aldehydes is 1. The molecule has 5 aromatic carbocycles. The van der Waals surface area contributed by atoms with Crippen LogP contribution in [0.15, 0.2) is 125 Å². The van der Waals surface area contributed by atoms with E-state index in [1.165, 1.54) is 18.3 Å². The first-order chi connectivity index (χ1) is 19.1. The third-order valence-corrected chi connectivity index (χ3v) is 6.18. The van der Waals surface area contributed by atoms with Crippen LogP contribution in [0.1, 0.15) is 27.0 Å². The maximum Gasteiger partial charge on any atom is 2.00 e. The van der Waals surface area contributed by atoms with E-state index in [0.717, 1.165) is 5.56 Å². The van der Waals surface area contributed by atoms with Gasteiger partial charge < -0.3 is 15.3 Å². The van der Waals surface area contributed by atoms with E-state index in [1.807, 2.05) is 42.5 Å². The van der Waals surface area contributed by atoms with Crippen molar-refractivity contribution < 1.29 is 39.6 Å². The molecular formula is C33H22N2O4Zn. The molecule has 0 heterocycles. The van der Waals surface area contributed by atoms with E-state index in [2.05, 4.69) is 4.99 Å². The number of benzene rings is 5. The van der Waals surface area contributed by atoms with Gasteiger partial charge in [0.15, 0.2) is 6.29 Å². The fourth-order valence-electron chi connectivity index (χ4n) is 4.21. The zero-order chi connectivity index (χ0) is 27.2. The van der Waals surface area contributed by atoms with E-state index < -0.39 is 0 Å². The number of carbonyl (C=O) groups is 1. The molecule has 7 heteroatoms. The summed E-state index contributed by atoms with van der Waals surface area (Å²) >= 11 is 0. The number of phenols is 1. The van der Waals surface area contributed by atoms with Gasteiger partial charge in [0, 0.05) is 17.3 Å². The Labute approximate surface area is 244 Å². The van der Waals surface area contributed by atoms with Gasteiger partial charge in [-0.15, -0.1) is 0 Å². The van der Waals surface area contributed by atoms with Gasteiger partial charge >= 0.3 is 19.5 Å². The fraction of sp³-hybridized carbons (Fsp3) is 0. The second-order valence-electron chi connectivity index (χ2n) is 8.65. The minimum atomic E-state index is -0.342. The SMILES string of the molecule is O=Cc1cccc(-c2cccc(C=Nc3ccccc3N=C(c3ccccc3)c3ccccc3[O-])c2[O-])c1O.[Zn+2]. The summed E-state index contributed by atoms with van der Waals surface area (Å²) in [5.74, 6) is -0.730. The van der Waals surface area contributed by atoms with Crippen LogP contribution < -0.4 is 10.2 Å². The molecule has 0 bridgehead atoms. The summed E-state index contributed by atoms with van der Waals surface area (Å²) in [4.78, 5) is 20.7. The molecule has 0 aliphatic rings. The zero-order valence-corrected chi connectivity index (χ0v) is 24.4. The van der Waals surface area contributed by atoms with Gasteiger partial charge in [0.2, 0.25) is 0 Å². The van der Waals surface area contributed by atoms with Crippen LogP contribution in [0.25, 0.3) is 11.1 Å². The first-order valence-corrected chi connectivity index (χ1v) is 12.2. The molecule has 5 rings (SSSR count). The van der Waals surface area contributed by atoms with Crippen LogP contribution in [0.5, 0.6) is 17.2 Å². The fourth-order valence-corrected chi connectivity index (χ4v) is 4.21. The Hall–Kier alpha value is -4.87. The summed E-state index contributed by atoms with van der Waals surface area (Å²) < 4.78 is 0. The van der Waals surface area contributed by atoms with Crippen LogP contribution in [0.2, 0.25) is 0 Å². The van der Waals surface area contributed by atoms with Gasteiger partial charge in [-0.2, -0.15) is 0 Å². The molecule has 0 radical (unpaired) electrons. The number of aliphatic imine (C=N–C) groups is 2. The van der Waals surface area contributed by atoms with Gasteiger partial charge in [0.05, 0.1) is 22.6 Å². The van der Waals surface area contributed by atoms with Crippen molar-refractivity contribution in [1.29, 1.82) is 0 Å². The van der Waals surface area contributed by atoms with Crippen LogP contribution in [-0.2, 0) is 19.5 Å². The van der Waals surface area contributed by atoms with Gasteiger partial charge in [-0.25, -0.2) is 4.99 Å². The van der Waals surface area contributed by atoms with Crippen LogP contribution in [0.3, 0.4) is 0 Å². The van der Waals surface area contributed by atoms with E-state index in [4.69, 9.17) is 4.99 Å². The van der Waals surface area contributed by atoms with Crippen LogP contribution in [0, 0.1) is 0 Å². The molecule has 0 unspecified atom stereocenters. The molecule has 6 nitrogen and oxygen atoms in total. The second-order valence-corrected chi connectivity index (χ2v) is 8.65. The number of phenolic OH excluding ortho intramolecular Hbond substituents is 1. The van der Waals surface area contributed by atoms with E-state index in [1.54, 1.807) is 60.7 Å². The Bertz CT molecular complexity index is 1720. The maximum absolute atomic E-state index is 13.3. The number of hydrogen-bond donors (Lipinski definition) is 1. The number of rotatable bonds is 7. The average molecular weight is 576 g/mol. The van der Waals surface area contributed by atoms with E-state index in [9.17, 15) is 20.1 Å². The third-order valence-electron chi connectivity index (χ3n) is 6.18. The number of carbonyl (C=O) groups excluding carboxylic acids is 1. The van der Waals surface area contributed by atoms with Crippen molar-refractivity contribution in [2.75, 3.05) is 0 Å². The zero-order valence-electron chi connectivity index (χ0n) is 21.4. The van der Waals surface area contributed by atoms with E-state index in [-0.39, 0.29) is 53.4 Å². The van der Waals surface area contributed by atoms with Gasteiger partial charge in [-0.1, -0.05) is 109 Å². The molecule has 0 fully saturated rings. The Morgan fingerprint density at radius 1 is 0.675 bits per heavy atom. The van der Waals surface area contributed by atoms with Crippen molar-refractivity contribution in [3.8, 4) is 28.4 Å².